The van der Waals surface area contributed by atoms with Gasteiger partial charge < -0.3 is 10.1 Å². The molecular formula is C15H17N5O2S. The van der Waals surface area contributed by atoms with E-state index in [0.29, 0.717) is 26.0 Å². The minimum atomic E-state index is -0.00986. The minimum absolute atomic E-state index is 0.00986. The summed E-state index contributed by atoms with van der Waals surface area (Å²) in [6, 6.07) is 9.58. The lowest BCUT2D eigenvalue weighted by molar-refractivity contribution is -0.121. The monoisotopic (exact) mass is 331 g/mol. The second-order valence-electron chi connectivity index (χ2n) is 4.98. The van der Waals surface area contributed by atoms with Crippen LogP contribution >= 0.6 is 11.3 Å². The van der Waals surface area contributed by atoms with Crippen LogP contribution in [0.15, 0.2) is 30.3 Å². The highest BCUT2D eigenvalue weighted by atomic mass is 32.1. The van der Waals surface area contributed by atoms with Gasteiger partial charge in [0.15, 0.2) is 5.82 Å². The Morgan fingerprint density at radius 1 is 1.30 bits per heavy atom. The molecule has 0 saturated carbocycles. The Morgan fingerprint density at radius 2 is 2.13 bits per heavy atom. The lowest BCUT2D eigenvalue weighted by Gasteiger charge is -2.06. The smallest absolute Gasteiger partial charge is 0.234 e. The molecule has 0 spiro atoms. The van der Waals surface area contributed by atoms with Crippen LogP contribution in [0.5, 0.6) is 5.75 Å². The van der Waals surface area contributed by atoms with E-state index in [1.54, 1.807) is 4.52 Å². The summed E-state index contributed by atoms with van der Waals surface area (Å²) in [6.45, 7) is 2.77. The predicted molar refractivity (Wildman–Crippen MR) is 86.4 cm³/mol. The maximum atomic E-state index is 11.8. The maximum absolute atomic E-state index is 11.8. The van der Waals surface area contributed by atoms with E-state index in [0.717, 1.165) is 21.5 Å². The Bertz CT molecular complexity index is 784. The summed E-state index contributed by atoms with van der Waals surface area (Å²) in [5, 5.41) is 15.9. The lowest BCUT2D eigenvalue weighted by atomic mass is 10.3. The molecule has 7 nitrogen and oxygen atoms in total. The average Bonchev–Trinajstić information content (AvgIpc) is 3.13. The molecule has 0 aliphatic heterocycles. The van der Waals surface area contributed by atoms with E-state index in [4.69, 9.17) is 4.74 Å². The zero-order valence-corrected chi connectivity index (χ0v) is 13.5. The second-order valence-corrected chi connectivity index (χ2v) is 6.02. The third kappa shape index (κ3) is 4.04. The van der Waals surface area contributed by atoms with Crippen LogP contribution in [-0.2, 0) is 11.3 Å². The molecule has 0 atom stereocenters. The number of carbonyl (C=O) groups is 1. The van der Waals surface area contributed by atoms with Gasteiger partial charge in [-0.25, -0.2) is 0 Å². The van der Waals surface area contributed by atoms with E-state index in [1.807, 2.05) is 37.3 Å². The van der Waals surface area contributed by atoms with Gasteiger partial charge in [0.25, 0.3) is 0 Å². The molecule has 0 radical (unpaired) electrons. The first kappa shape index (κ1) is 15.4. The molecule has 0 aliphatic rings. The first-order valence-electron chi connectivity index (χ1n) is 7.34. The molecule has 1 amide bonds. The summed E-state index contributed by atoms with van der Waals surface area (Å²) in [4.78, 5) is 12.6. The molecule has 3 rings (SSSR count). The number of aryl methyl sites for hydroxylation is 1. The Morgan fingerprint density at radius 3 is 2.91 bits per heavy atom. The van der Waals surface area contributed by atoms with Gasteiger partial charge in [0, 0.05) is 6.42 Å². The van der Waals surface area contributed by atoms with E-state index < -0.39 is 0 Å². The van der Waals surface area contributed by atoms with Crippen molar-refractivity contribution in [2.24, 2.45) is 0 Å². The molecule has 0 bridgehead atoms. The van der Waals surface area contributed by atoms with Gasteiger partial charge in [-0.3, -0.25) is 4.79 Å². The quantitative estimate of drug-likeness (QED) is 0.669. The Kier molecular flexibility index (Phi) is 4.82. The number of nitrogens with zero attached hydrogens (tertiary/aromatic N) is 4. The van der Waals surface area contributed by atoms with Crippen LogP contribution in [-0.4, -0.2) is 32.3 Å². The van der Waals surface area contributed by atoms with Crippen LogP contribution in [0.2, 0.25) is 0 Å². The number of ether oxygens (including phenoxy) is 1. The van der Waals surface area contributed by atoms with E-state index in [-0.39, 0.29) is 5.91 Å². The third-order valence-corrected chi connectivity index (χ3v) is 4.08. The Labute approximate surface area is 137 Å². The van der Waals surface area contributed by atoms with Gasteiger partial charge in [0.2, 0.25) is 10.9 Å². The fraction of sp³-hybridized carbons (Fsp3) is 0.333. The molecule has 0 unspecified atom stereocenters. The molecule has 1 N–H and O–H groups in total. The van der Waals surface area contributed by atoms with Crippen LogP contribution in [0.1, 0.15) is 23.7 Å². The van der Waals surface area contributed by atoms with Crippen molar-refractivity contribution < 1.29 is 9.53 Å². The largest absolute Gasteiger partial charge is 0.494 e. The van der Waals surface area contributed by atoms with Gasteiger partial charge in [-0.1, -0.05) is 29.5 Å². The molecule has 2 aromatic heterocycles. The van der Waals surface area contributed by atoms with Crippen molar-refractivity contribution >= 4 is 22.2 Å². The number of aromatic nitrogens is 4. The number of benzene rings is 1. The molecule has 0 saturated heterocycles. The zero-order chi connectivity index (χ0) is 16.1. The number of amides is 1. The lowest BCUT2D eigenvalue weighted by Crippen LogP contribution is -2.23. The number of fused-ring (bicyclic) bond motifs is 1. The molecule has 0 aliphatic carbocycles. The summed E-state index contributed by atoms with van der Waals surface area (Å²) >= 11 is 1.42. The van der Waals surface area contributed by atoms with E-state index >= 15 is 0 Å². The van der Waals surface area contributed by atoms with Crippen LogP contribution in [0.25, 0.3) is 4.96 Å². The molecular weight excluding hydrogens is 314 g/mol. The summed E-state index contributed by atoms with van der Waals surface area (Å²) < 4.78 is 7.23. The highest BCUT2D eigenvalue weighted by Gasteiger charge is 2.09. The molecule has 3 aromatic rings. The van der Waals surface area contributed by atoms with Crippen molar-refractivity contribution in [2.75, 3.05) is 6.61 Å². The number of para-hydroxylation sites is 1. The predicted octanol–water partition coefficient (Wildman–Crippen LogP) is 1.97. The zero-order valence-electron chi connectivity index (χ0n) is 12.7. The fourth-order valence-corrected chi connectivity index (χ4v) is 2.85. The Hall–Kier alpha value is -2.48. The van der Waals surface area contributed by atoms with Gasteiger partial charge in [-0.05, 0) is 25.5 Å². The summed E-state index contributed by atoms with van der Waals surface area (Å²) in [5.74, 6) is 1.55. The maximum Gasteiger partial charge on any atom is 0.234 e. The van der Waals surface area contributed by atoms with E-state index in [2.05, 4.69) is 20.6 Å². The number of rotatable bonds is 7. The minimum Gasteiger partial charge on any atom is -0.494 e. The summed E-state index contributed by atoms with van der Waals surface area (Å²) in [7, 11) is 0. The normalized spacial score (nSPS) is 10.8. The van der Waals surface area contributed by atoms with Gasteiger partial charge >= 0.3 is 0 Å². The van der Waals surface area contributed by atoms with Gasteiger partial charge in [-0.15, -0.1) is 10.2 Å². The number of nitrogens with one attached hydrogen (secondary N) is 1. The van der Waals surface area contributed by atoms with Crippen molar-refractivity contribution in [2.45, 2.75) is 26.3 Å². The van der Waals surface area contributed by atoms with Crippen LogP contribution in [0.4, 0.5) is 0 Å². The summed E-state index contributed by atoms with van der Waals surface area (Å²) in [5.41, 5.74) is 0. The van der Waals surface area contributed by atoms with Gasteiger partial charge in [-0.2, -0.15) is 9.61 Å². The summed E-state index contributed by atoms with van der Waals surface area (Å²) in [6.07, 6.45) is 1.10. The van der Waals surface area contributed by atoms with Crippen LogP contribution in [0, 0.1) is 6.92 Å². The molecule has 0 fully saturated rings. The molecule has 120 valence electrons. The van der Waals surface area contributed by atoms with Crippen molar-refractivity contribution in [3.63, 3.8) is 0 Å². The SMILES string of the molecule is Cc1nnc2sc(CNC(=O)CCCOc3ccccc3)nn12. The van der Waals surface area contributed by atoms with Gasteiger partial charge in [0.05, 0.1) is 13.2 Å². The Balaban J connectivity index is 1.37. The standard InChI is InChI=1S/C15H17N5O2S/c1-11-17-18-15-20(11)19-14(23-15)10-16-13(21)8-5-9-22-12-6-3-2-4-7-12/h2-4,6-7H,5,8-10H2,1H3,(H,16,21). The second kappa shape index (κ2) is 7.19. The number of hydrogen-bond donors (Lipinski definition) is 1. The van der Waals surface area contributed by atoms with E-state index in [1.165, 1.54) is 11.3 Å². The molecule has 23 heavy (non-hydrogen) atoms. The van der Waals surface area contributed by atoms with Crippen LogP contribution < -0.4 is 10.1 Å². The molecule has 2 heterocycles. The first-order chi connectivity index (χ1) is 11.2. The van der Waals surface area contributed by atoms with Crippen molar-refractivity contribution in [1.82, 2.24) is 25.1 Å². The van der Waals surface area contributed by atoms with Crippen molar-refractivity contribution in [3.8, 4) is 5.75 Å². The molecule has 8 heteroatoms. The highest BCUT2D eigenvalue weighted by Crippen LogP contribution is 2.13. The van der Waals surface area contributed by atoms with E-state index in [9.17, 15) is 4.79 Å². The van der Waals surface area contributed by atoms with Gasteiger partial charge in [0.1, 0.15) is 10.8 Å². The van der Waals surface area contributed by atoms with Crippen LogP contribution in [0.3, 0.4) is 0 Å². The third-order valence-electron chi connectivity index (χ3n) is 3.19. The first-order valence-corrected chi connectivity index (χ1v) is 8.16. The number of hydrogen-bond acceptors (Lipinski definition) is 6. The molecule has 1 aromatic carbocycles. The van der Waals surface area contributed by atoms with Crippen molar-refractivity contribution in [1.29, 1.82) is 0 Å². The van der Waals surface area contributed by atoms with Crippen molar-refractivity contribution in [3.05, 3.63) is 41.2 Å². The highest BCUT2D eigenvalue weighted by molar-refractivity contribution is 7.16. The number of carbonyl (C=O) groups excluding carboxylic acids is 1. The topological polar surface area (TPSA) is 81.4 Å². The fourth-order valence-electron chi connectivity index (χ4n) is 2.03. The average molecular weight is 331 g/mol.